The van der Waals surface area contributed by atoms with Gasteiger partial charge in [0.2, 0.25) is 0 Å². The van der Waals surface area contributed by atoms with Crippen LogP contribution in [0.4, 0.5) is 0 Å². The third-order valence-corrected chi connectivity index (χ3v) is 5.47. The van der Waals surface area contributed by atoms with E-state index in [-0.39, 0.29) is 11.3 Å². The standard InChI is InChI=1S/C16H17BrClNS/c1-2-15(19)16(13-8-3-4-9-14(13)17)20-12-7-5-6-11(18)10-12/h3-10,15-16H,2,19H2,1H3. The smallest absolute Gasteiger partial charge is 0.0506 e. The molecule has 2 rings (SSSR count). The van der Waals surface area contributed by atoms with E-state index >= 15 is 0 Å². The van der Waals surface area contributed by atoms with E-state index in [1.807, 2.05) is 30.3 Å². The van der Waals surface area contributed by atoms with Gasteiger partial charge in [0.05, 0.1) is 5.25 Å². The van der Waals surface area contributed by atoms with E-state index in [2.05, 4.69) is 41.1 Å². The number of rotatable bonds is 5. The lowest BCUT2D eigenvalue weighted by atomic mass is 10.0. The molecule has 0 aliphatic rings. The van der Waals surface area contributed by atoms with Crippen LogP contribution in [0.25, 0.3) is 0 Å². The molecule has 106 valence electrons. The van der Waals surface area contributed by atoms with Crippen LogP contribution < -0.4 is 5.73 Å². The molecule has 2 unspecified atom stereocenters. The highest BCUT2D eigenvalue weighted by Gasteiger charge is 2.21. The summed E-state index contributed by atoms with van der Waals surface area (Å²) in [7, 11) is 0. The van der Waals surface area contributed by atoms with Crippen molar-refractivity contribution in [3.05, 3.63) is 63.6 Å². The molecule has 0 aromatic heterocycles. The zero-order chi connectivity index (χ0) is 14.5. The minimum Gasteiger partial charge on any atom is -0.326 e. The molecule has 0 heterocycles. The fourth-order valence-electron chi connectivity index (χ4n) is 1.99. The Kier molecular flexibility index (Phi) is 5.97. The van der Waals surface area contributed by atoms with E-state index in [4.69, 9.17) is 17.3 Å². The number of halogens is 2. The van der Waals surface area contributed by atoms with Crippen molar-refractivity contribution in [3.63, 3.8) is 0 Å². The van der Waals surface area contributed by atoms with Crippen LogP contribution >= 0.6 is 39.3 Å². The zero-order valence-electron chi connectivity index (χ0n) is 11.2. The van der Waals surface area contributed by atoms with Crippen LogP contribution in [-0.4, -0.2) is 6.04 Å². The van der Waals surface area contributed by atoms with Gasteiger partial charge in [0, 0.05) is 20.4 Å². The molecule has 20 heavy (non-hydrogen) atoms. The molecule has 0 aliphatic carbocycles. The molecule has 0 radical (unpaired) electrons. The van der Waals surface area contributed by atoms with Crippen molar-refractivity contribution in [1.29, 1.82) is 0 Å². The summed E-state index contributed by atoms with van der Waals surface area (Å²) in [6.45, 7) is 2.12. The summed E-state index contributed by atoms with van der Waals surface area (Å²) in [5.74, 6) is 0. The van der Waals surface area contributed by atoms with Gasteiger partial charge in [-0.2, -0.15) is 0 Å². The van der Waals surface area contributed by atoms with E-state index in [1.54, 1.807) is 11.8 Å². The van der Waals surface area contributed by atoms with Crippen LogP contribution in [0, 0.1) is 0 Å². The highest BCUT2D eigenvalue weighted by molar-refractivity contribution is 9.10. The van der Waals surface area contributed by atoms with Gasteiger partial charge >= 0.3 is 0 Å². The predicted octanol–water partition coefficient (Wildman–Crippen LogP) is 5.67. The summed E-state index contributed by atoms with van der Waals surface area (Å²) >= 11 is 11.5. The number of nitrogens with two attached hydrogens (primary N) is 1. The SMILES string of the molecule is CCC(N)C(Sc1cccc(Cl)c1)c1ccccc1Br. The number of hydrogen-bond donors (Lipinski definition) is 1. The molecular formula is C16H17BrClNS. The van der Waals surface area contributed by atoms with Gasteiger partial charge in [0.25, 0.3) is 0 Å². The summed E-state index contributed by atoms with van der Waals surface area (Å²) in [5, 5.41) is 0.958. The highest BCUT2D eigenvalue weighted by Crippen LogP contribution is 2.41. The van der Waals surface area contributed by atoms with Crippen LogP contribution in [0.2, 0.25) is 5.02 Å². The molecule has 0 aliphatic heterocycles. The average molecular weight is 371 g/mol. The Morgan fingerprint density at radius 1 is 1.20 bits per heavy atom. The third kappa shape index (κ3) is 4.01. The fourth-order valence-corrected chi connectivity index (χ4v) is 4.27. The first-order valence-electron chi connectivity index (χ1n) is 6.54. The normalized spacial score (nSPS) is 14.0. The number of hydrogen-bond acceptors (Lipinski definition) is 2. The lowest BCUT2D eigenvalue weighted by molar-refractivity contribution is 0.633. The van der Waals surface area contributed by atoms with Crippen molar-refractivity contribution in [2.75, 3.05) is 0 Å². The van der Waals surface area contributed by atoms with E-state index in [0.29, 0.717) is 0 Å². The van der Waals surface area contributed by atoms with Gasteiger partial charge in [-0.3, -0.25) is 0 Å². The molecular weight excluding hydrogens is 354 g/mol. The maximum Gasteiger partial charge on any atom is 0.0506 e. The monoisotopic (exact) mass is 369 g/mol. The first-order valence-corrected chi connectivity index (χ1v) is 8.59. The highest BCUT2D eigenvalue weighted by atomic mass is 79.9. The Labute approximate surface area is 138 Å². The van der Waals surface area contributed by atoms with Gasteiger partial charge in [-0.15, -0.1) is 11.8 Å². The van der Waals surface area contributed by atoms with Crippen LogP contribution in [0.15, 0.2) is 57.9 Å². The largest absolute Gasteiger partial charge is 0.326 e. The van der Waals surface area contributed by atoms with E-state index in [1.165, 1.54) is 5.56 Å². The van der Waals surface area contributed by atoms with Crippen LogP contribution in [-0.2, 0) is 0 Å². The van der Waals surface area contributed by atoms with Crippen molar-refractivity contribution in [2.45, 2.75) is 29.5 Å². The van der Waals surface area contributed by atoms with Crippen LogP contribution in [0.5, 0.6) is 0 Å². The fraction of sp³-hybridized carbons (Fsp3) is 0.250. The van der Waals surface area contributed by atoms with Crippen molar-refractivity contribution in [3.8, 4) is 0 Å². The second-order valence-corrected chi connectivity index (χ2v) is 7.10. The Bertz CT molecular complexity index is 576. The van der Waals surface area contributed by atoms with Gasteiger partial charge in [0.1, 0.15) is 0 Å². The third-order valence-electron chi connectivity index (χ3n) is 3.13. The summed E-state index contributed by atoms with van der Waals surface area (Å²) < 4.78 is 1.10. The molecule has 0 saturated heterocycles. The molecule has 0 bridgehead atoms. The molecule has 2 atom stereocenters. The summed E-state index contributed by atoms with van der Waals surface area (Å²) in [4.78, 5) is 1.14. The second kappa shape index (κ2) is 7.51. The van der Waals surface area contributed by atoms with Crippen molar-refractivity contribution in [2.24, 2.45) is 5.73 Å². The van der Waals surface area contributed by atoms with Crippen molar-refractivity contribution < 1.29 is 0 Å². The van der Waals surface area contributed by atoms with Crippen molar-refractivity contribution >= 4 is 39.3 Å². The van der Waals surface area contributed by atoms with Gasteiger partial charge in [-0.05, 0) is 36.2 Å². The Morgan fingerprint density at radius 2 is 1.95 bits per heavy atom. The molecule has 4 heteroatoms. The maximum absolute atomic E-state index is 6.33. The molecule has 0 saturated carbocycles. The first-order chi connectivity index (χ1) is 9.61. The number of benzene rings is 2. The van der Waals surface area contributed by atoms with Crippen LogP contribution in [0.1, 0.15) is 24.2 Å². The van der Waals surface area contributed by atoms with Crippen LogP contribution in [0.3, 0.4) is 0 Å². The Morgan fingerprint density at radius 3 is 2.60 bits per heavy atom. The molecule has 2 aromatic rings. The van der Waals surface area contributed by atoms with E-state index < -0.39 is 0 Å². The van der Waals surface area contributed by atoms with Gasteiger partial charge < -0.3 is 5.73 Å². The number of thioether (sulfide) groups is 1. The summed E-state index contributed by atoms with van der Waals surface area (Å²) in [5.41, 5.74) is 7.56. The Hall–Kier alpha value is -0.480. The molecule has 0 spiro atoms. The minimum absolute atomic E-state index is 0.0951. The lowest BCUT2D eigenvalue weighted by Gasteiger charge is -2.24. The molecule has 2 N–H and O–H groups in total. The topological polar surface area (TPSA) is 26.0 Å². The van der Waals surface area contributed by atoms with E-state index in [0.717, 1.165) is 20.8 Å². The minimum atomic E-state index is 0.0951. The first kappa shape index (κ1) is 15.9. The zero-order valence-corrected chi connectivity index (χ0v) is 14.4. The van der Waals surface area contributed by atoms with Crippen molar-refractivity contribution in [1.82, 2.24) is 0 Å². The van der Waals surface area contributed by atoms with Gasteiger partial charge in [-0.1, -0.05) is 58.7 Å². The van der Waals surface area contributed by atoms with E-state index in [9.17, 15) is 0 Å². The average Bonchev–Trinajstić information content (AvgIpc) is 2.45. The molecule has 0 fully saturated rings. The Balaban J connectivity index is 2.32. The molecule has 0 amide bonds. The quantitative estimate of drug-likeness (QED) is 0.686. The summed E-state index contributed by atoms with van der Waals surface area (Å²) in [6.07, 6.45) is 0.930. The lowest BCUT2D eigenvalue weighted by Crippen LogP contribution is -2.25. The van der Waals surface area contributed by atoms with Gasteiger partial charge in [0.15, 0.2) is 0 Å². The maximum atomic E-state index is 6.33. The molecule has 1 nitrogen and oxygen atoms in total. The second-order valence-electron chi connectivity index (χ2n) is 4.59. The predicted molar refractivity (Wildman–Crippen MR) is 92.5 cm³/mol. The summed E-state index contributed by atoms with van der Waals surface area (Å²) in [6, 6.07) is 16.3. The molecule has 2 aromatic carbocycles. The van der Waals surface area contributed by atoms with Gasteiger partial charge in [-0.25, -0.2) is 0 Å².